The van der Waals surface area contributed by atoms with E-state index in [4.69, 9.17) is 9.47 Å². The predicted molar refractivity (Wildman–Crippen MR) is 77.8 cm³/mol. The molecule has 0 bridgehead atoms. The van der Waals surface area contributed by atoms with Crippen LogP contribution in [0.25, 0.3) is 0 Å². The van der Waals surface area contributed by atoms with Gasteiger partial charge < -0.3 is 14.8 Å². The second-order valence-corrected chi connectivity index (χ2v) is 5.51. The summed E-state index contributed by atoms with van der Waals surface area (Å²) in [6.45, 7) is 6.38. The van der Waals surface area contributed by atoms with Gasteiger partial charge in [0.15, 0.2) is 0 Å². The van der Waals surface area contributed by atoms with Gasteiger partial charge in [0, 0.05) is 0 Å². The second-order valence-electron chi connectivity index (χ2n) is 5.51. The zero-order valence-corrected chi connectivity index (χ0v) is 12.6. The fraction of sp³-hybridized carbons (Fsp3) is 0.625. The molecule has 0 aliphatic carbocycles. The van der Waals surface area contributed by atoms with Crippen LogP contribution < -0.4 is 10.1 Å². The van der Waals surface area contributed by atoms with Gasteiger partial charge in [0.05, 0.1) is 25.4 Å². The SMILES string of the molecule is CNC(c1cc(C)c(OC)cc1C)C1CCC(C)O1. The highest BCUT2D eigenvalue weighted by Gasteiger charge is 2.30. The lowest BCUT2D eigenvalue weighted by Crippen LogP contribution is -2.30. The number of methoxy groups -OCH3 is 1. The lowest BCUT2D eigenvalue weighted by molar-refractivity contribution is 0.0331. The molecule has 0 saturated carbocycles. The third-order valence-corrected chi connectivity index (χ3v) is 4.07. The second kappa shape index (κ2) is 5.93. The molecule has 0 amide bonds. The summed E-state index contributed by atoms with van der Waals surface area (Å²) < 4.78 is 11.4. The maximum atomic E-state index is 6.03. The number of rotatable bonds is 4. The zero-order chi connectivity index (χ0) is 14.0. The topological polar surface area (TPSA) is 30.5 Å². The van der Waals surface area contributed by atoms with Gasteiger partial charge in [-0.1, -0.05) is 6.07 Å². The van der Waals surface area contributed by atoms with Crippen LogP contribution in [-0.2, 0) is 4.74 Å². The number of nitrogens with one attached hydrogen (secondary N) is 1. The third kappa shape index (κ3) is 2.93. The van der Waals surface area contributed by atoms with Crippen molar-refractivity contribution in [2.45, 2.75) is 51.9 Å². The number of likely N-dealkylation sites (N-methyl/N-ethyl adjacent to an activating group) is 1. The molecule has 1 aliphatic heterocycles. The Kier molecular flexibility index (Phi) is 4.48. The molecule has 3 heteroatoms. The Hall–Kier alpha value is -1.06. The quantitative estimate of drug-likeness (QED) is 0.905. The van der Waals surface area contributed by atoms with Crippen LogP contribution in [0.4, 0.5) is 0 Å². The normalized spacial score (nSPS) is 24.5. The molecule has 1 heterocycles. The average Bonchev–Trinajstić information content (AvgIpc) is 2.80. The number of hydrogen-bond acceptors (Lipinski definition) is 3. The highest BCUT2D eigenvalue weighted by atomic mass is 16.5. The van der Waals surface area contributed by atoms with E-state index in [0.29, 0.717) is 6.10 Å². The number of aryl methyl sites for hydroxylation is 2. The van der Waals surface area contributed by atoms with Crippen LogP contribution in [0, 0.1) is 13.8 Å². The van der Waals surface area contributed by atoms with E-state index in [1.165, 1.54) is 16.7 Å². The van der Waals surface area contributed by atoms with Crippen LogP contribution in [-0.4, -0.2) is 26.4 Å². The van der Waals surface area contributed by atoms with Crippen molar-refractivity contribution in [2.75, 3.05) is 14.2 Å². The molecule has 1 aliphatic rings. The molecule has 1 N–H and O–H groups in total. The molecular weight excluding hydrogens is 238 g/mol. The summed E-state index contributed by atoms with van der Waals surface area (Å²) >= 11 is 0. The van der Waals surface area contributed by atoms with E-state index in [2.05, 4.69) is 38.2 Å². The average molecular weight is 263 g/mol. The Morgan fingerprint density at radius 1 is 1.26 bits per heavy atom. The molecule has 0 aromatic heterocycles. The summed E-state index contributed by atoms with van der Waals surface area (Å²) in [5, 5.41) is 3.42. The largest absolute Gasteiger partial charge is 0.496 e. The van der Waals surface area contributed by atoms with Crippen molar-refractivity contribution in [2.24, 2.45) is 0 Å². The van der Waals surface area contributed by atoms with Crippen molar-refractivity contribution in [1.82, 2.24) is 5.32 Å². The van der Waals surface area contributed by atoms with E-state index < -0.39 is 0 Å². The summed E-state index contributed by atoms with van der Waals surface area (Å²) in [6.07, 6.45) is 2.92. The van der Waals surface area contributed by atoms with Crippen LogP contribution in [0.5, 0.6) is 5.75 Å². The monoisotopic (exact) mass is 263 g/mol. The van der Waals surface area contributed by atoms with Crippen LogP contribution in [0.1, 0.15) is 42.5 Å². The smallest absolute Gasteiger partial charge is 0.122 e. The van der Waals surface area contributed by atoms with Gasteiger partial charge in [-0.2, -0.15) is 0 Å². The van der Waals surface area contributed by atoms with Gasteiger partial charge in [-0.05, 0) is 63.4 Å². The van der Waals surface area contributed by atoms with Crippen LogP contribution in [0.15, 0.2) is 12.1 Å². The van der Waals surface area contributed by atoms with E-state index in [0.717, 1.165) is 18.6 Å². The van der Waals surface area contributed by atoms with Crippen molar-refractivity contribution >= 4 is 0 Å². The fourth-order valence-electron chi connectivity index (χ4n) is 2.99. The first-order valence-electron chi connectivity index (χ1n) is 7.04. The number of hydrogen-bond donors (Lipinski definition) is 1. The van der Waals surface area contributed by atoms with Crippen LogP contribution in [0.2, 0.25) is 0 Å². The van der Waals surface area contributed by atoms with E-state index in [1.807, 2.05) is 7.05 Å². The third-order valence-electron chi connectivity index (χ3n) is 4.07. The highest BCUT2D eigenvalue weighted by molar-refractivity contribution is 5.43. The summed E-state index contributed by atoms with van der Waals surface area (Å²) in [6, 6.07) is 4.60. The summed E-state index contributed by atoms with van der Waals surface area (Å²) in [4.78, 5) is 0. The minimum absolute atomic E-state index is 0.259. The van der Waals surface area contributed by atoms with Gasteiger partial charge in [-0.25, -0.2) is 0 Å². The first kappa shape index (κ1) is 14.4. The van der Waals surface area contributed by atoms with E-state index in [-0.39, 0.29) is 12.1 Å². The minimum atomic E-state index is 0.259. The van der Waals surface area contributed by atoms with E-state index in [1.54, 1.807) is 7.11 Å². The van der Waals surface area contributed by atoms with Gasteiger partial charge in [-0.3, -0.25) is 0 Å². The fourth-order valence-corrected chi connectivity index (χ4v) is 2.99. The van der Waals surface area contributed by atoms with Crippen molar-refractivity contribution in [1.29, 1.82) is 0 Å². The molecular formula is C16H25NO2. The number of ether oxygens (including phenoxy) is 2. The Morgan fingerprint density at radius 2 is 2.00 bits per heavy atom. The van der Waals surface area contributed by atoms with Crippen molar-refractivity contribution in [3.63, 3.8) is 0 Å². The molecule has 1 saturated heterocycles. The van der Waals surface area contributed by atoms with Crippen molar-refractivity contribution in [3.8, 4) is 5.75 Å². The predicted octanol–water partition coefficient (Wildman–Crippen LogP) is 3.14. The van der Waals surface area contributed by atoms with E-state index in [9.17, 15) is 0 Å². The molecule has 0 spiro atoms. The Balaban J connectivity index is 2.30. The Labute approximate surface area is 116 Å². The zero-order valence-electron chi connectivity index (χ0n) is 12.6. The molecule has 0 radical (unpaired) electrons. The molecule has 3 unspecified atom stereocenters. The molecule has 1 fully saturated rings. The van der Waals surface area contributed by atoms with Gasteiger partial charge in [0.2, 0.25) is 0 Å². The molecule has 2 rings (SSSR count). The van der Waals surface area contributed by atoms with Gasteiger partial charge >= 0.3 is 0 Å². The maximum Gasteiger partial charge on any atom is 0.122 e. The van der Waals surface area contributed by atoms with Gasteiger partial charge in [0.1, 0.15) is 5.75 Å². The first-order chi connectivity index (χ1) is 9.06. The Bertz CT molecular complexity index is 445. The van der Waals surface area contributed by atoms with Crippen molar-refractivity contribution < 1.29 is 9.47 Å². The van der Waals surface area contributed by atoms with Crippen molar-refractivity contribution in [3.05, 3.63) is 28.8 Å². The van der Waals surface area contributed by atoms with Crippen LogP contribution in [0.3, 0.4) is 0 Å². The van der Waals surface area contributed by atoms with Crippen LogP contribution >= 0.6 is 0 Å². The Morgan fingerprint density at radius 3 is 2.53 bits per heavy atom. The minimum Gasteiger partial charge on any atom is -0.496 e. The first-order valence-corrected chi connectivity index (χ1v) is 7.04. The molecule has 1 aromatic carbocycles. The maximum absolute atomic E-state index is 6.03. The summed E-state index contributed by atoms with van der Waals surface area (Å²) in [5.41, 5.74) is 3.75. The number of benzene rings is 1. The molecule has 106 valence electrons. The molecule has 3 nitrogen and oxygen atoms in total. The standard InChI is InChI=1S/C16H25NO2/c1-10-9-15(18-5)11(2)8-13(10)16(17-4)14-7-6-12(3)19-14/h8-9,12,14,16-17H,6-7H2,1-5H3. The lowest BCUT2D eigenvalue weighted by atomic mass is 9.93. The van der Waals surface area contributed by atoms with Gasteiger partial charge in [0.25, 0.3) is 0 Å². The molecule has 3 atom stereocenters. The highest BCUT2D eigenvalue weighted by Crippen LogP contribution is 2.33. The lowest BCUT2D eigenvalue weighted by Gasteiger charge is -2.26. The van der Waals surface area contributed by atoms with Gasteiger partial charge in [-0.15, -0.1) is 0 Å². The molecule has 19 heavy (non-hydrogen) atoms. The van der Waals surface area contributed by atoms with E-state index >= 15 is 0 Å². The summed E-state index contributed by atoms with van der Waals surface area (Å²) in [5.74, 6) is 0.955. The summed E-state index contributed by atoms with van der Waals surface area (Å²) in [7, 11) is 3.73. The molecule has 1 aromatic rings.